The molecule has 2 aromatic carbocycles. The van der Waals surface area contributed by atoms with Crippen LogP contribution in [0.5, 0.6) is 0 Å². The van der Waals surface area contributed by atoms with Crippen molar-refractivity contribution in [3.63, 3.8) is 0 Å². The monoisotopic (exact) mass is 393 g/mol. The maximum absolute atomic E-state index is 12.5. The summed E-state index contributed by atoms with van der Waals surface area (Å²) in [6.45, 7) is 2.08. The van der Waals surface area contributed by atoms with Crippen LogP contribution in [0.2, 0.25) is 5.02 Å². The lowest BCUT2D eigenvalue weighted by Gasteiger charge is -2.06. The van der Waals surface area contributed by atoms with Crippen molar-refractivity contribution in [2.75, 3.05) is 4.72 Å². The van der Waals surface area contributed by atoms with Gasteiger partial charge in [0.1, 0.15) is 0 Å². The van der Waals surface area contributed by atoms with Gasteiger partial charge in [0.15, 0.2) is 5.82 Å². The zero-order valence-electron chi connectivity index (χ0n) is 13.4. The summed E-state index contributed by atoms with van der Waals surface area (Å²) in [5.41, 5.74) is 1.77. The molecule has 0 radical (unpaired) electrons. The van der Waals surface area contributed by atoms with Crippen LogP contribution < -0.4 is 4.72 Å². The van der Waals surface area contributed by atoms with Crippen molar-refractivity contribution < 1.29 is 8.42 Å². The van der Waals surface area contributed by atoms with Crippen molar-refractivity contribution in [3.05, 3.63) is 59.1 Å². The fourth-order valence-corrected chi connectivity index (χ4v) is 4.34. The zero-order chi connectivity index (χ0) is 17.9. The molecule has 130 valence electrons. The lowest BCUT2D eigenvalue weighted by molar-refractivity contribution is 0.601. The molecule has 25 heavy (non-hydrogen) atoms. The molecule has 0 bridgehead atoms. The van der Waals surface area contributed by atoms with Crippen LogP contribution in [-0.2, 0) is 16.4 Å². The third-order valence-electron chi connectivity index (χ3n) is 3.53. The molecule has 0 atom stereocenters. The summed E-state index contributed by atoms with van der Waals surface area (Å²) >= 11 is 7.10. The molecule has 0 aliphatic carbocycles. The summed E-state index contributed by atoms with van der Waals surface area (Å²) in [4.78, 5) is 4.43. The summed E-state index contributed by atoms with van der Waals surface area (Å²) in [6.07, 6.45) is 1.94. The normalized spacial score (nSPS) is 11.4. The Morgan fingerprint density at radius 3 is 2.52 bits per heavy atom. The number of aromatic nitrogens is 2. The third-order valence-corrected chi connectivity index (χ3v) is 5.98. The van der Waals surface area contributed by atoms with Gasteiger partial charge in [0.2, 0.25) is 5.13 Å². The first-order valence-corrected chi connectivity index (χ1v) is 10.3. The van der Waals surface area contributed by atoms with E-state index in [1.54, 1.807) is 24.3 Å². The molecule has 0 amide bonds. The van der Waals surface area contributed by atoms with Gasteiger partial charge in [-0.3, -0.25) is 4.72 Å². The number of nitrogens with one attached hydrogen (secondary N) is 1. The zero-order valence-corrected chi connectivity index (χ0v) is 15.8. The lowest BCUT2D eigenvalue weighted by Crippen LogP contribution is -2.12. The predicted octanol–water partition coefficient (Wildman–Crippen LogP) is 4.61. The predicted molar refractivity (Wildman–Crippen MR) is 102 cm³/mol. The Bertz CT molecular complexity index is 970. The molecule has 0 aliphatic heterocycles. The molecule has 5 nitrogen and oxygen atoms in total. The van der Waals surface area contributed by atoms with Gasteiger partial charge in [-0.2, -0.15) is 9.36 Å². The van der Waals surface area contributed by atoms with Gasteiger partial charge in [0.25, 0.3) is 10.0 Å². The molecule has 0 fully saturated rings. The Morgan fingerprint density at radius 2 is 1.84 bits per heavy atom. The van der Waals surface area contributed by atoms with Gasteiger partial charge in [0.05, 0.1) is 9.92 Å². The molecule has 1 N–H and O–H groups in total. The fraction of sp³-hybridized carbons (Fsp3) is 0.176. The summed E-state index contributed by atoms with van der Waals surface area (Å²) in [6, 6.07) is 14.0. The SMILES string of the molecule is CCCc1ccc(S(=O)(=O)Nc2nc(-c3ccccc3Cl)ns2)cc1. The van der Waals surface area contributed by atoms with Crippen molar-refractivity contribution >= 4 is 38.3 Å². The van der Waals surface area contributed by atoms with E-state index in [2.05, 4.69) is 21.0 Å². The molecule has 0 spiro atoms. The maximum atomic E-state index is 12.5. The van der Waals surface area contributed by atoms with E-state index in [4.69, 9.17) is 11.6 Å². The second kappa shape index (κ2) is 7.51. The number of benzene rings is 2. The molecule has 0 aliphatic rings. The third kappa shape index (κ3) is 4.18. The Balaban J connectivity index is 1.81. The number of hydrogen-bond acceptors (Lipinski definition) is 5. The first kappa shape index (κ1) is 17.8. The highest BCUT2D eigenvalue weighted by Crippen LogP contribution is 2.28. The molecule has 0 saturated heterocycles. The maximum Gasteiger partial charge on any atom is 0.263 e. The first-order valence-electron chi connectivity index (χ1n) is 7.70. The average molecular weight is 394 g/mol. The highest BCUT2D eigenvalue weighted by Gasteiger charge is 2.17. The largest absolute Gasteiger partial charge is 0.263 e. The Kier molecular flexibility index (Phi) is 5.36. The summed E-state index contributed by atoms with van der Waals surface area (Å²) in [7, 11) is -3.70. The van der Waals surface area contributed by atoms with E-state index in [0.717, 1.165) is 29.9 Å². The number of anilines is 1. The topological polar surface area (TPSA) is 72.0 Å². The molecule has 8 heteroatoms. The molecular weight excluding hydrogens is 378 g/mol. The van der Waals surface area contributed by atoms with Crippen LogP contribution in [0.4, 0.5) is 5.13 Å². The summed E-state index contributed by atoms with van der Waals surface area (Å²) in [5.74, 6) is 0.395. The van der Waals surface area contributed by atoms with E-state index in [-0.39, 0.29) is 10.0 Å². The fourth-order valence-electron chi connectivity index (χ4n) is 2.31. The quantitative estimate of drug-likeness (QED) is 0.663. The number of sulfonamides is 1. The minimum atomic E-state index is -3.70. The Hall–Kier alpha value is -1.96. The first-order chi connectivity index (χ1) is 12.0. The van der Waals surface area contributed by atoms with E-state index in [0.29, 0.717) is 16.4 Å². The second-order valence-electron chi connectivity index (χ2n) is 5.40. The number of halogens is 1. The van der Waals surface area contributed by atoms with Gasteiger partial charge < -0.3 is 0 Å². The van der Waals surface area contributed by atoms with E-state index in [1.807, 2.05) is 24.3 Å². The van der Waals surface area contributed by atoms with Gasteiger partial charge in [-0.25, -0.2) is 8.42 Å². The molecule has 0 unspecified atom stereocenters. The molecule has 3 aromatic rings. The number of hydrogen-bond donors (Lipinski definition) is 1. The smallest absolute Gasteiger partial charge is 0.253 e. The Labute approximate surface area is 155 Å². The van der Waals surface area contributed by atoms with E-state index >= 15 is 0 Å². The number of aryl methyl sites for hydroxylation is 1. The van der Waals surface area contributed by atoms with Crippen LogP contribution in [0, 0.1) is 0 Å². The lowest BCUT2D eigenvalue weighted by atomic mass is 10.1. The molecular formula is C17H16ClN3O2S2. The van der Waals surface area contributed by atoms with E-state index < -0.39 is 10.0 Å². The van der Waals surface area contributed by atoms with Gasteiger partial charge >= 0.3 is 0 Å². The standard InChI is InChI=1S/C17H16ClN3O2S2/c1-2-5-12-8-10-13(11-9-12)25(22,23)21-17-19-16(20-24-17)14-6-3-4-7-15(14)18/h3-4,6-11H,2,5H2,1H3,(H,19,20,21). The van der Waals surface area contributed by atoms with Crippen molar-refractivity contribution in [1.29, 1.82) is 0 Å². The van der Waals surface area contributed by atoms with E-state index in [1.165, 1.54) is 0 Å². The molecule has 0 saturated carbocycles. The second-order valence-corrected chi connectivity index (χ2v) is 8.24. The van der Waals surface area contributed by atoms with Crippen molar-refractivity contribution in [2.45, 2.75) is 24.7 Å². The summed E-state index contributed by atoms with van der Waals surface area (Å²) in [5, 5.41) is 0.716. The minimum Gasteiger partial charge on any atom is -0.253 e. The van der Waals surface area contributed by atoms with Gasteiger partial charge in [-0.05, 0) is 36.2 Å². The number of rotatable bonds is 6. The van der Waals surface area contributed by atoms with Gasteiger partial charge in [0, 0.05) is 17.1 Å². The van der Waals surface area contributed by atoms with Crippen molar-refractivity contribution in [1.82, 2.24) is 9.36 Å². The molecule has 1 aromatic heterocycles. The van der Waals surface area contributed by atoms with Crippen LogP contribution in [0.3, 0.4) is 0 Å². The van der Waals surface area contributed by atoms with E-state index in [9.17, 15) is 8.42 Å². The van der Waals surface area contributed by atoms with Crippen LogP contribution in [0.15, 0.2) is 53.4 Å². The highest BCUT2D eigenvalue weighted by molar-refractivity contribution is 7.93. The highest BCUT2D eigenvalue weighted by atomic mass is 35.5. The summed E-state index contributed by atoms with van der Waals surface area (Å²) < 4.78 is 31.6. The van der Waals surface area contributed by atoms with Crippen LogP contribution in [-0.4, -0.2) is 17.8 Å². The van der Waals surface area contributed by atoms with Gasteiger partial charge in [-0.15, -0.1) is 0 Å². The molecule has 3 rings (SSSR count). The van der Waals surface area contributed by atoms with Crippen molar-refractivity contribution in [3.8, 4) is 11.4 Å². The minimum absolute atomic E-state index is 0.196. The Morgan fingerprint density at radius 1 is 1.12 bits per heavy atom. The van der Waals surface area contributed by atoms with Crippen LogP contribution in [0.25, 0.3) is 11.4 Å². The van der Waals surface area contributed by atoms with Gasteiger partial charge in [-0.1, -0.05) is 49.2 Å². The average Bonchev–Trinajstić information content (AvgIpc) is 3.03. The van der Waals surface area contributed by atoms with Crippen LogP contribution in [0.1, 0.15) is 18.9 Å². The molecule has 1 heterocycles. The number of nitrogens with zero attached hydrogens (tertiary/aromatic N) is 2. The van der Waals surface area contributed by atoms with Crippen LogP contribution >= 0.6 is 23.1 Å². The van der Waals surface area contributed by atoms with Crippen molar-refractivity contribution in [2.24, 2.45) is 0 Å².